The Hall–Kier alpha value is -2.94. The highest BCUT2D eigenvalue weighted by atomic mass is 16.5. The van der Waals surface area contributed by atoms with E-state index >= 15 is 0 Å². The molecule has 2 N–H and O–H groups in total. The molecule has 2 rings (SSSR count). The fourth-order valence-corrected chi connectivity index (χ4v) is 3.43. The van der Waals surface area contributed by atoms with Crippen molar-refractivity contribution >= 4 is 23.7 Å². The van der Waals surface area contributed by atoms with Crippen molar-refractivity contribution in [2.75, 3.05) is 47.4 Å². The quantitative estimate of drug-likeness (QED) is 0.480. The van der Waals surface area contributed by atoms with Crippen molar-refractivity contribution in [3.8, 4) is 0 Å². The minimum absolute atomic E-state index is 0.0347. The summed E-state index contributed by atoms with van der Waals surface area (Å²) in [6.45, 7) is 17.4. The van der Waals surface area contributed by atoms with Crippen LogP contribution in [0.1, 0.15) is 86.1 Å². The molecule has 0 aliphatic carbocycles. The molecular weight excluding hydrogens is 508 g/mol. The van der Waals surface area contributed by atoms with Crippen molar-refractivity contribution in [3.05, 3.63) is 35.9 Å². The highest BCUT2D eigenvalue weighted by Crippen LogP contribution is 2.21. The average molecular weight is 565 g/mol. The zero-order valence-electron chi connectivity index (χ0n) is 26.9. The van der Waals surface area contributed by atoms with E-state index in [-0.39, 0.29) is 36.8 Å². The molecule has 1 saturated heterocycles. The summed E-state index contributed by atoms with van der Waals surface area (Å²) >= 11 is 0. The van der Waals surface area contributed by atoms with E-state index in [9.17, 15) is 19.2 Å². The molecule has 1 aromatic carbocycles. The van der Waals surface area contributed by atoms with E-state index in [4.69, 9.17) is 0 Å². The number of esters is 1. The lowest BCUT2D eigenvalue weighted by atomic mass is 9.85. The monoisotopic (exact) mass is 564 g/mol. The van der Waals surface area contributed by atoms with E-state index in [0.717, 1.165) is 25.9 Å². The van der Waals surface area contributed by atoms with Crippen LogP contribution in [0.3, 0.4) is 0 Å². The second-order valence-electron chi connectivity index (χ2n) is 11.1. The SMILES string of the molecule is CC(C)c1ccccc1.CCC.CNCC(=O)NC(C(=O)N(C)CC(=O)N1CCCC1)C(C)(C)C.COC(C)=O. The maximum atomic E-state index is 12.7. The number of nitrogens with zero attached hydrogens (tertiary/aromatic N) is 2. The second kappa shape index (κ2) is 21.8. The number of methoxy groups -OCH3 is 1. The summed E-state index contributed by atoms with van der Waals surface area (Å²) in [5, 5.41) is 5.53. The standard InChI is InChI=1S/C16H30N4O3.C9H12.C3H6O2.C3H8/c1-16(2,3)14(18-12(21)10-17-4)15(23)19(5)11-13(22)20-8-6-7-9-20;1-8(2)9-6-4-3-5-7-9;1-3(4)5-2;1-3-2/h14,17H,6-11H2,1-5H3,(H,18,21);3-8H,1-2H3;1-2H3;3H2,1-2H3. The summed E-state index contributed by atoms with van der Waals surface area (Å²) in [4.78, 5) is 49.5. The predicted molar refractivity (Wildman–Crippen MR) is 163 cm³/mol. The third-order valence-electron chi connectivity index (χ3n) is 5.72. The number of hydrogen-bond donors (Lipinski definition) is 2. The van der Waals surface area contributed by atoms with Crippen LogP contribution in [0, 0.1) is 5.41 Å². The van der Waals surface area contributed by atoms with Gasteiger partial charge in [0.05, 0.1) is 20.2 Å². The molecule has 40 heavy (non-hydrogen) atoms. The Morgan fingerprint density at radius 2 is 1.50 bits per heavy atom. The van der Waals surface area contributed by atoms with Crippen molar-refractivity contribution in [2.45, 2.75) is 86.6 Å². The van der Waals surface area contributed by atoms with Crippen LogP contribution in [-0.4, -0.2) is 86.9 Å². The zero-order valence-corrected chi connectivity index (χ0v) is 26.9. The molecule has 0 saturated carbocycles. The summed E-state index contributed by atoms with van der Waals surface area (Å²) in [7, 11) is 4.63. The lowest BCUT2D eigenvalue weighted by molar-refractivity contribution is -0.143. The second-order valence-corrected chi connectivity index (χ2v) is 11.1. The summed E-state index contributed by atoms with van der Waals surface area (Å²) in [6.07, 6.45) is 3.29. The summed E-state index contributed by atoms with van der Waals surface area (Å²) in [5.74, 6) is -0.0988. The molecule has 0 aromatic heterocycles. The first kappa shape index (κ1) is 39.2. The first-order valence-corrected chi connectivity index (χ1v) is 14.2. The van der Waals surface area contributed by atoms with Crippen LogP contribution in [0.25, 0.3) is 0 Å². The molecule has 230 valence electrons. The van der Waals surface area contributed by atoms with Crippen LogP contribution in [0.4, 0.5) is 0 Å². The Balaban J connectivity index is 0. The Labute approximate surface area is 243 Å². The van der Waals surface area contributed by atoms with Gasteiger partial charge in [-0.15, -0.1) is 0 Å². The van der Waals surface area contributed by atoms with Gasteiger partial charge in [-0.2, -0.15) is 0 Å². The third-order valence-corrected chi connectivity index (χ3v) is 5.72. The molecule has 0 bridgehead atoms. The van der Waals surface area contributed by atoms with E-state index < -0.39 is 11.5 Å². The Morgan fingerprint density at radius 3 is 1.85 bits per heavy atom. The number of likely N-dealkylation sites (N-methyl/N-ethyl adjacent to an activating group) is 2. The van der Waals surface area contributed by atoms with Gasteiger partial charge >= 0.3 is 5.97 Å². The molecule has 1 fully saturated rings. The fraction of sp³-hybridized carbons (Fsp3) is 0.677. The highest BCUT2D eigenvalue weighted by molar-refractivity contribution is 5.91. The van der Waals surface area contributed by atoms with E-state index in [0.29, 0.717) is 5.92 Å². The number of nitrogens with one attached hydrogen (secondary N) is 2. The van der Waals surface area contributed by atoms with Crippen LogP contribution in [-0.2, 0) is 23.9 Å². The largest absolute Gasteiger partial charge is 0.469 e. The Morgan fingerprint density at radius 1 is 1.02 bits per heavy atom. The molecule has 0 spiro atoms. The number of carbonyl (C=O) groups is 4. The normalized spacial score (nSPS) is 12.8. The van der Waals surface area contributed by atoms with Gasteiger partial charge in [-0.3, -0.25) is 19.2 Å². The lowest BCUT2D eigenvalue weighted by Gasteiger charge is -2.33. The van der Waals surface area contributed by atoms with Crippen molar-refractivity contribution in [1.29, 1.82) is 0 Å². The summed E-state index contributed by atoms with van der Waals surface area (Å²) < 4.78 is 4.11. The zero-order chi connectivity index (χ0) is 31.3. The van der Waals surface area contributed by atoms with E-state index in [1.807, 2.05) is 26.8 Å². The molecule has 9 nitrogen and oxygen atoms in total. The van der Waals surface area contributed by atoms with Gasteiger partial charge in [0.2, 0.25) is 17.7 Å². The van der Waals surface area contributed by atoms with E-state index in [2.05, 4.69) is 67.3 Å². The fourth-order valence-electron chi connectivity index (χ4n) is 3.43. The topological polar surface area (TPSA) is 108 Å². The summed E-state index contributed by atoms with van der Waals surface area (Å²) in [5.41, 5.74) is 0.975. The van der Waals surface area contributed by atoms with Gasteiger partial charge in [-0.1, -0.05) is 85.2 Å². The van der Waals surface area contributed by atoms with Crippen LogP contribution >= 0.6 is 0 Å². The van der Waals surface area contributed by atoms with Gasteiger partial charge in [0.25, 0.3) is 0 Å². The van der Waals surface area contributed by atoms with Crippen LogP contribution < -0.4 is 10.6 Å². The van der Waals surface area contributed by atoms with Crippen molar-refractivity contribution < 1.29 is 23.9 Å². The molecule has 0 radical (unpaired) electrons. The number of carbonyl (C=O) groups excluding carboxylic acids is 4. The van der Waals surface area contributed by atoms with Crippen molar-refractivity contribution in [2.24, 2.45) is 5.41 Å². The first-order valence-electron chi connectivity index (χ1n) is 14.2. The molecule has 1 unspecified atom stereocenters. The number of ether oxygens (including phenoxy) is 1. The van der Waals surface area contributed by atoms with Crippen molar-refractivity contribution in [1.82, 2.24) is 20.4 Å². The van der Waals surface area contributed by atoms with Gasteiger partial charge in [0.1, 0.15) is 6.04 Å². The third kappa shape index (κ3) is 18.4. The van der Waals surface area contributed by atoms with Crippen LogP contribution in [0.2, 0.25) is 0 Å². The lowest BCUT2D eigenvalue weighted by Crippen LogP contribution is -2.56. The molecule has 9 heteroatoms. The summed E-state index contributed by atoms with van der Waals surface area (Å²) in [6, 6.07) is 9.85. The van der Waals surface area contributed by atoms with Gasteiger partial charge in [-0.25, -0.2) is 0 Å². The van der Waals surface area contributed by atoms with Gasteiger partial charge in [0.15, 0.2) is 0 Å². The molecule has 1 heterocycles. The maximum Gasteiger partial charge on any atom is 0.302 e. The predicted octanol–water partition coefficient (Wildman–Crippen LogP) is 4.22. The van der Waals surface area contributed by atoms with Gasteiger partial charge < -0.3 is 25.2 Å². The van der Waals surface area contributed by atoms with Crippen LogP contribution in [0.5, 0.6) is 0 Å². The number of rotatable bonds is 7. The molecule has 1 aliphatic heterocycles. The first-order chi connectivity index (χ1) is 18.7. The molecule has 1 aliphatic rings. The average Bonchev–Trinajstić information content (AvgIpc) is 3.43. The minimum Gasteiger partial charge on any atom is -0.469 e. The van der Waals surface area contributed by atoms with Crippen LogP contribution in [0.15, 0.2) is 30.3 Å². The Kier molecular flexibility index (Phi) is 21.4. The van der Waals surface area contributed by atoms with Gasteiger partial charge in [-0.05, 0) is 36.8 Å². The number of amides is 3. The Bertz CT molecular complexity index is 847. The number of benzene rings is 1. The van der Waals surface area contributed by atoms with Gasteiger partial charge in [0, 0.05) is 27.1 Å². The molecule has 1 aromatic rings. The highest BCUT2D eigenvalue weighted by Gasteiger charge is 2.35. The number of hydrogen-bond acceptors (Lipinski definition) is 6. The minimum atomic E-state index is -0.667. The maximum absolute atomic E-state index is 12.7. The molecule has 1 atom stereocenters. The molecule has 3 amide bonds. The van der Waals surface area contributed by atoms with E-state index in [1.54, 1.807) is 19.0 Å². The number of likely N-dealkylation sites (tertiary alicyclic amines) is 1. The van der Waals surface area contributed by atoms with Crippen molar-refractivity contribution in [3.63, 3.8) is 0 Å². The molecular formula is C31H56N4O5. The van der Waals surface area contributed by atoms with E-state index in [1.165, 1.54) is 30.9 Å². The smallest absolute Gasteiger partial charge is 0.302 e.